The van der Waals surface area contributed by atoms with Crippen LogP contribution in [-0.4, -0.2) is 99.0 Å². The summed E-state index contributed by atoms with van der Waals surface area (Å²) in [5.74, 6) is 1.27. The number of hydrogen-bond donors (Lipinski definition) is 3. The number of halogens is 1. The van der Waals surface area contributed by atoms with Crippen LogP contribution in [0.25, 0.3) is 0 Å². The Kier molecular flexibility index (Phi) is 12.2. The molecular weight excluding hydrogens is 461 g/mol. The number of amides is 1. The molecule has 2 rings (SSSR count). The molecule has 0 aromatic heterocycles. The predicted octanol–water partition coefficient (Wildman–Crippen LogP) is 0.111. The average molecular weight is 497 g/mol. The third-order valence-electron chi connectivity index (χ3n) is 5.10. The standard InChI is InChI=1S/C18H35N5O3.HI/c1-3-19-18(21-13-15-5-4-6-16(15)24)23-10-8-22(9-11-23)14-17(25)20-7-12-26-2;/h15-16,24H,3-14H2,1-2H3,(H,19,21)(H,20,25);1H. The van der Waals surface area contributed by atoms with Crippen molar-refractivity contribution in [3.63, 3.8) is 0 Å². The molecular formula is C18H36IN5O3. The molecule has 2 fully saturated rings. The van der Waals surface area contributed by atoms with Crippen LogP contribution >= 0.6 is 24.0 Å². The Balaban J connectivity index is 0.00000364. The number of methoxy groups -OCH3 is 1. The maximum absolute atomic E-state index is 11.9. The summed E-state index contributed by atoms with van der Waals surface area (Å²) in [4.78, 5) is 21.1. The van der Waals surface area contributed by atoms with Gasteiger partial charge in [-0.05, 0) is 19.8 Å². The van der Waals surface area contributed by atoms with Gasteiger partial charge in [-0.2, -0.15) is 0 Å². The third-order valence-corrected chi connectivity index (χ3v) is 5.10. The third kappa shape index (κ3) is 8.49. The maximum atomic E-state index is 11.9. The number of carbonyl (C=O) groups is 1. The zero-order chi connectivity index (χ0) is 18.8. The van der Waals surface area contributed by atoms with Gasteiger partial charge in [0.1, 0.15) is 0 Å². The Morgan fingerprint density at radius 3 is 2.56 bits per heavy atom. The van der Waals surface area contributed by atoms with Crippen LogP contribution in [0.2, 0.25) is 0 Å². The van der Waals surface area contributed by atoms with Gasteiger partial charge in [0.15, 0.2) is 5.96 Å². The molecule has 1 saturated heterocycles. The molecule has 0 radical (unpaired) electrons. The van der Waals surface area contributed by atoms with Crippen molar-refractivity contribution in [3.05, 3.63) is 0 Å². The molecule has 27 heavy (non-hydrogen) atoms. The summed E-state index contributed by atoms with van der Waals surface area (Å²) in [6, 6.07) is 0. The molecule has 0 spiro atoms. The molecule has 2 aliphatic rings. The molecule has 3 N–H and O–H groups in total. The van der Waals surface area contributed by atoms with Crippen LogP contribution in [-0.2, 0) is 9.53 Å². The zero-order valence-corrected chi connectivity index (χ0v) is 19.0. The number of piperazine rings is 1. The summed E-state index contributed by atoms with van der Waals surface area (Å²) in [7, 11) is 1.63. The number of nitrogens with one attached hydrogen (secondary N) is 2. The van der Waals surface area contributed by atoms with Gasteiger partial charge in [0.05, 0.1) is 19.3 Å². The molecule has 2 unspecified atom stereocenters. The second-order valence-electron chi connectivity index (χ2n) is 7.06. The number of carbonyl (C=O) groups excluding carboxylic acids is 1. The van der Waals surface area contributed by atoms with E-state index in [4.69, 9.17) is 9.73 Å². The molecule has 1 aliphatic carbocycles. The molecule has 2 atom stereocenters. The quantitative estimate of drug-likeness (QED) is 0.191. The minimum atomic E-state index is -0.199. The number of guanidine groups is 1. The van der Waals surface area contributed by atoms with Gasteiger partial charge < -0.3 is 25.4 Å². The molecule has 8 nitrogen and oxygen atoms in total. The van der Waals surface area contributed by atoms with Crippen molar-refractivity contribution in [3.8, 4) is 0 Å². The van der Waals surface area contributed by atoms with Gasteiger partial charge >= 0.3 is 0 Å². The number of rotatable bonds is 8. The first kappa shape index (κ1) is 24.4. The van der Waals surface area contributed by atoms with Gasteiger partial charge in [-0.3, -0.25) is 14.7 Å². The number of aliphatic imine (C=N–C) groups is 1. The summed E-state index contributed by atoms with van der Waals surface area (Å²) in [6.45, 7) is 8.49. The van der Waals surface area contributed by atoms with Crippen molar-refractivity contribution in [2.75, 3.05) is 66.1 Å². The zero-order valence-electron chi connectivity index (χ0n) is 16.7. The number of ether oxygens (including phenoxy) is 1. The Bertz CT molecular complexity index is 458. The van der Waals surface area contributed by atoms with E-state index < -0.39 is 0 Å². The second-order valence-corrected chi connectivity index (χ2v) is 7.06. The molecule has 158 valence electrons. The number of aliphatic hydroxyl groups is 1. The largest absolute Gasteiger partial charge is 0.393 e. The number of nitrogens with zero attached hydrogens (tertiary/aromatic N) is 3. The van der Waals surface area contributed by atoms with Gasteiger partial charge in [-0.1, -0.05) is 6.42 Å². The highest BCUT2D eigenvalue weighted by Gasteiger charge is 2.26. The van der Waals surface area contributed by atoms with E-state index in [1.807, 2.05) is 0 Å². The Morgan fingerprint density at radius 2 is 1.96 bits per heavy atom. The molecule has 1 saturated carbocycles. The molecule has 0 aromatic rings. The molecule has 1 aliphatic heterocycles. The van der Waals surface area contributed by atoms with Crippen LogP contribution in [0.1, 0.15) is 26.2 Å². The van der Waals surface area contributed by atoms with Crippen molar-refractivity contribution in [2.24, 2.45) is 10.9 Å². The van der Waals surface area contributed by atoms with Crippen molar-refractivity contribution < 1.29 is 14.6 Å². The number of aliphatic hydroxyl groups excluding tert-OH is 1. The minimum Gasteiger partial charge on any atom is -0.393 e. The lowest BCUT2D eigenvalue weighted by Crippen LogP contribution is -2.54. The monoisotopic (exact) mass is 497 g/mol. The van der Waals surface area contributed by atoms with Crippen LogP contribution in [0.4, 0.5) is 0 Å². The minimum absolute atomic E-state index is 0. The highest BCUT2D eigenvalue weighted by atomic mass is 127. The van der Waals surface area contributed by atoms with E-state index in [0.29, 0.717) is 32.2 Å². The van der Waals surface area contributed by atoms with E-state index in [9.17, 15) is 9.90 Å². The van der Waals surface area contributed by atoms with Gasteiger partial charge in [-0.15, -0.1) is 24.0 Å². The van der Waals surface area contributed by atoms with Gasteiger partial charge in [0, 0.05) is 58.8 Å². The molecule has 0 aromatic carbocycles. The first-order valence-electron chi connectivity index (χ1n) is 9.83. The lowest BCUT2D eigenvalue weighted by molar-refractivity contribution is -0.122. The summed E-state index contributed by atoms with van der Waals surface area (Å²) < 4.78 is 4.94. The molecule has 9 heteroatoms. The molecule has 1 heterocycles. The highest BCUT2D eigenvalue weighted by molar-refractivity contribution is 14.0. The lowest BCUT2D eigenvalue weighted by atomic mass is 10.1. The summed E-state index contributed by atoms with van der Waals surface area (Å²) in [6.07, 6.45) is 2.87. The molecule has 1 amide bonds. The van der Waals surface area contributed by atoms with Crippen molar-refractivity contribution in [2.45, 2.75) is 32.3 Å². The molecule has 0 bridgehead atoms. The van der Waals surface area contributed by atoms with Crippen LogP contribution < -0.4 is 10.6 Å². The average Bonchev–Trinajstić information content (AvgIpc) is 3.04. The Morgan fingerprint density at radius 1 is 1.22 bits per heavy atom. The Labute approximate surface area is 180 Å². The van der Waals surface area contributed by atoms with E-state index in [1.165, 1.54) is 0 Å². The van der Waals surface area contributed by atoms with E-state index in [2.05, 4.69) is 27.4 Å². The van der Waals surface area contributed by atoms with E-state index in [0.717, 1.165) is 57.9 Å². The second kappa shape index (κ2) is 13.5. The fourth-order valence-corrected chi connectivity index (χ4v) is 3.53. The van der Waals surface area contributed by atoms with Crippen LogP contribution in [0, 0.1) is 5.92 Å². The lowest BCUT2D eigenvalue weighted by Gasteiger charge is -2.36. The van der Waals surface area contributed by atoms with E-state index in [-0.39, 0.29) is 36.0 Å². The van der Waals surface area contributed by atoms with Crippen molar-refractivity contribution in [1.29, 1.82) is 0 Å². The smallest absolute Gasteiger partial charge is 0.234 e. The van der Waals surface area contributed by atoms with Crippen molar-refractivity contribution >= 4 is 35.8 Å². The van der Waals surface area contributed by atoms with Crippen molar-refractivity contribution in [1.82, 2.24) is 20.4 Å². The summed E-state index contributed by atoms with van der Waals surface area (Å²) >= 11 is 0. The van der Waals surface area contributed by atoms with Gasteiger partial charge in [0.2, 0.25) is 5.91 Å². The van der Waals surface area contributed by atoms with Crippen LogP contribution in [0.5, 0.6) is 0 Å². The SMILES string of the molecule is CCNC(=NCC1CCCC1O)N1CCN(CC(=O)NCCOC)CC1.I. The van der Waals surface area contributed by atoms with Crippen LogP contribution in [0.3, 0.4) is 0 Å². The van der Waals surface area contributed by atoms with Gasteiger partial charge in [-0.25, -0.2) is 0 Å². The predicted molar refractivity (Wildman–Crippen MR) is 118 cm³/mol. The van der Waals surface area contributed by atoms with Crippen LogP contribution in [0.15, 0.2) is 4.99 Å². The topological polar surface area (TPSA) is 89.4 Å². The van der Waals surface area contributed by atoms with E-state index >= 15 is 0 Å². The van der Waals surface area contributed by atoms with Gasteiger partial charge in [0.25, 0.3) is 0 Å². The fraction of sp³-hybridized carbons (Fsp3) is 0.889. The number of hydrogen-bond acceptors (Lipinski definition) is 5. The van der Waals surface area contributed by atoms with E-state index in [1.54, 1.807) is 7.11 Å². The summed E-state index contributed by atoms with van der Waals surface area (Å²) in [5, 5.41) is 16.2. The fourth-order valence-electron chi connectivity index (χ4n) is 3.53. The summed E-state index contributed by atoms with van der Waals surface area (Å²) in [5.41, 5.74) is 0. The maximum Gasteiger partial charge on any atom is 0.234 e. The first-order chi connectivity index (χ1) is 12.6. The normalized spacial score (nSPS) is 23.8. The first-order valence-corrected chi connectivity index (χ1v) is 9.83. The highest BCUT2D eigenvalue weighted by Crippen LogP contribution is 2.25. The Hall–Kier alpha value is -0.650.